The van der Waals surface area contributed by atoms with Crippen LogP contribution in [0.3, 0.4) is 0 Å². The van der Waals surface area contributed by atoms with Gasteiger partial charge in [-0.2, -0.15) is 0 Å². The van der Waals surface area contributed by atoms with Gasteiger partial charge in [0.05, 0.1) is 24.8 Å². The van der Waals surface area contributed by atoms with E-state index in [1.165, 1.54) is 19.2 Å². The molecule has 0 radical (unpaired) electrons. The number of hydrogen-bond donors (Lipinski definition) is 3. The monoisotopic (exact) mass is 482 g/mol. The fraction of sp³-hybridized carbons (Fsp3) is 0.423. The molecule has 2 aromatic carbocycles. The molecule has 8 nitrogen and oxygen atoms in total. The van der Waals surface area contributed by atoms with Gasteiger partial charge in [-0.25, -0.2) is 14.0 Å². The molecular weight excluding hydrogens is 451 g/mol. The summed E-state index contributed by atoms with van der Waals surface area (Å²) in [4.78, 5) is 39.2. The molecule has 2 aromatic rings. The Morgan fingerprint density at radius 2 is 1.80 bits per heavy atom. The van der Waals surface area contributed by atoms with Gasteiger partial charge >= 0.3 is 18.0 Å². The fourth-order valence-corrected chi connectivity index (χ4v) is 4.88. The van der Waals surface area contributed by atoms with Crippen LogP contribution in [0.5, 0.6) is 0 Å². The zero-order valence-electron chi connectivity index (χ0n) is 19.9. The van der Waals surface area contributed by atoms with Gasteiger partial charge in [-0.05, 0) is 54.7 Å². The van der Waals surface area contributed by atoms with Gasteiger partial charge in [-0.3, -0.25) is 4.79 Å². The lowest BCUT2D eigenvalue weighted by Crippen LogP contribution is -2.55. The van der Waals surface area contributed by atoms with Crippen molar-refractivity contribution in [3.63, 3.8) is 0 Å². The van der Waals surface area contributed by atoms with Crippen LogP contribution in [0, 0.1) is 5.82 Å². The maximum atomic E-state index is 13.8. The first kappa shape index (κ1) is 24.5. The smallest absolute Gasteiger partial charge is 0.323 e. The van der Waals surface area contributed by atoms with Gasteiger partial charge in [0.1, 0.15) is 5.82 Å². The Labute approximate surface area is 204 Å². The summed E-state index contributed by atoms with van der Waals surface area (Å²) in [5.41, 5.74) is 2.18. The Bertz CT molecular complexity index is 1100. The maximum Gasteiger partial charge on any atom is 0.323 e. The molecule has 1 saturated carbocycles. The number of rotatable bonds is 5. The number of methoxy groups -OCH3 is 1. The Morgan fingerprint density at radius 3 is 2.54 bits per heavy atom. The lowest BCUT2D eigenvalue weighted by Gasteiger charge is -2.40. The molecule has 1 fully saturated rings. The number of amides is 4. The molecule has 1 aliphatic carbocycles. The lowest BCUT2D eigenvalue weighted by atomic mass is 9.79. The summed E-state index contributed by atoms with van der Waals surface area (Å²) in [5.74, 6) is -0.816. The third-order valence-corrected chi connectivity index (χ3v) is 6.78. The predicted octanol–water partition coefficient (Wildman–Crippen LogP) is 4.80. The molecule has 4 rings (SSSR count). The van der Waals surface area contributed by atoms with Gasteiger partial charge in [0.25, 0.3) is 0 Å². The second-order valence-electron chi connectivity index (χ2n) is 9.24. The van der Waals surface area contributed by atoms with Crippen molar-refractivity contribution in [1.82, 2.24) is 10.2 Å². The number of ether oxygens (including phenoxy) is 1. The third-order valence-electron chi connectivity index (χ3n) is 6.78. The zero-order valence-corrected chi connectivity index (χ0v) is 19.9. The molecule has 4 amide bonds. The number of anilines is 2. The number of para-hydroxylation sites is 1. The number of carbonyl (C=O) groups is 3. The average molecular weight is 483 g/mol. The van der Waals surface area contributed by atoms with Crippen LogP contribution in [-0.4, -0.2) is 42.1 Å². The van der Waals surface area contributed by atoms with Gasteiger partial charge in [0.2, 0.25) is 0 Å². The number of halogens is 1. The highest BCUT2D eigenvalue weighted by Gasteiger charge is 2.37. The topological polar surface area (TPSA) is 99.8 Å². The van der Waals surface area contributed by atoms with Gasteiger partial charge in [0, 0.05) is 18.8 Å². The van der Waals surface area contributed by atoms with E-state index in [2.05, 4.69) is 16.0 Å². The number of nitrogens with zero attached hydrogens (tertiary/aromatic N) is 1. The molecule has 2 aliphatic rings. The number of benzene rings is 2. The fourth-order valence-electron chi connectivity index (χ4n) is 4.88. The van der Waals surface area contributed by atoms with Gasteiger partial charge in [0.15, 0.2) is 0 Å². The summed E-state index contributed by atoms with van der Waals surface area (Å²) < 4.78 is 18.6. The summed E-state index contributed by atoms with van der Waals surface area (Å²) in [7, 11) is 1.37. The highest BCUT2D eigenvalue weighted by atomic mass is 19.1. The first-order valence-electron chi connectivity index (χ1n) is 12.0. The van der Waals surface area contributed by atoms with Crippen LogP contribution in [0.25, 0.3) is 0 Å². The van der Waals surface area contributed by atoms with Crippen molar-refractivity contribution in [3.8, 4) is 0 Å². The molecule has 35 heavy (non-hydrogen) atoms. The molecule has 186 valence electrons. The maximum absolute atomic E-state index is 13.8. The molecule has 0 saturated heterocycles. The van der Waals surface area contributed by atoms with Crippen molar-refractivity contribution < 1.29 is 23.5 Å². The van der Waals surface area contributed by atoms with Crippen molar-refractivity contribution in [2.24, 2.45) is 0 Å². The van der Waals surface area contributed by atoms with Crippen LogP contribution in [0.15, 0.2) is 42.5 Å². The van der Waals surface area contributed by atoms with Crippen molar-refractivity contribution in [2.75, 3.05) is 24.3 Å². The molecular formula is C26H31FN4O4. The van der Waals surface area contributed by atoms with Gasteiger partial charge in [-0.15, -0.1) is 0 Å². The van der Waals surface area contributed by atoms with Crippen molar-refractivity contribution in [1.29, 1.82) is 0 Å². The average Bonchev–Trinajstić information content (AvgIpc) is 2.85. The minimum atomic E-state index is -0.554. The SMILES string of the molecule is COC(=O)CC1(NC(=O)N2CCc3cc(NC(=O)Nc4ccccc4F)ccc3C2)CCCCC1. The first-order chi connectivity index (χ1) is 16.9. The van der Waals surface area contributed by atoms with E-state index in [4.69, 9.17) is 4.74 Å². The molecule has 0 unspecified atom stereocenters. The van der Waals surface area contributed by atoms with E-state index in [9.17, 15) is 18.8 Å². The number of fused-ring (bicyclic) bond motifs is 1. The Morgan fingerprint density at radius 1 is 1.03 bits per heavy atom. The van der Waals surface area contributed by atoms with E-state index in [1.807, 2.05) is 12.1 Å². The van der Waals surface area contributed by atoms with E-state index in [1.54, 1.807) is 23.1 Å². The second kappa shape index (κ2) is 10.8. The lowest BCUT2D eigenvalue weighted by molar-refractivity contribution is -0.142. The molecule has 3 N–H and O–H groups in total. The molecule has 1 aliphatic heterocycles. The third kappa shape index (κ3) is 6.09. The Kier molecular flexibility index (Phi) is 7.53. The quantitative estimate of drug-likeness (QED) is 0.533. The molecule has 1 heterocycles. The minimum Gasteiger partial charge on any atom is -0.469 e. The van der Waals surface area contributed by atoms with Gasteiger partial charge in [-0.1, -0.05) is 37.5 Å². The summed E-state index contributed by atoms with van der Waals surface area (Å²) in [6.45, 7) is 0.967. The van der Waals surface area contributed by atoms with Crippen LogP contribution >= 0.6 is 0 Å². The van der Waals surface area contributed by atoms with Gasteiger partial charge < -0.3 is 25.6 Å². The normalized spacial score (nSPS) is 16.6. The molecule has 9 heteroatoms. The van der Waals surface area contributed by atoms with E-state index in [-0.39, 0.29) is 24.1 Å². The second-order valence-corrected chi connectivity index (χ2v) is 9.24. The summed E-state index contributed by atoms with van der Waals surface area (Å²) in [6, 6.07) is 10.8. The molecule has 0 spiro atoms. The first-order valence-corrected chi connectivity index (χ1v) is 12.0. The minimum absolute atomic E-state index is 0.104. The van der Waals surface area contributed by atoms with Crippen molar-refractivity contribution in [3.05, 3.63) is 59.4 Å². The number of esters is 1. The standard InChI is InChI=1S/C26H31FN4O4/c1-35-23(32)16-26(12-5-2-6-13-26)30-25(34)31-14-11-18-15-20(10-9-19(18)17-31)28-24(33)29-22-8-4-3-7-21(22)27/h3-4,7-10,15H,2,5-6,11-14,16-17H2,1H3,(H,30,34)(H2,28,29,33). The van der Waals surface area contributed by atoms with E-state index >= 15 is 0 Å². The summed E-state index contributed by atoms with van der Waals surface area (Å²) in [5, 5.41) is 8.39. The number of urea groups is 2. The largest absolute Gasteiger partial charge is 0.469 e. The number of carbonyl (C=O) groups excluding carboxylic acids is 3. The van der Waals surface area contributed by atoms with Crippen LogP contribution < -0.4 is 16.0 Å². The van der Waals surface area contributed by atoms with E-state index in [0.29, 0.717) is 25.2 Å². The van der Waals surface area contributed by atoms with E-state index in [0.717, 1.165) is 43.2 Å². The summed E-state index contributed by atoms with van der Waals surface area (Å²) in [6.07, 6.45) is 5.40. The number of nitrogens with one attached hydrogen (secondary N) is 3. The zero-order chi connectivity index (χ0) is 24.8. The summed E-state index contributed by atoms with van der Waals surface area (Å²) >= 11 is 0. The highest BCUT2D eigenvalue weighted by molar-refractivity contribution is 5.99. The highest BCUT2D eigenvalue weighted by Crippen LogP contribution is 2.32. The predicted molar refractivity (Wildman–Crippen MR) is 131 cm³/mol. The number of hydrogen-bond acceptors (Lipinski definition) is 4. The van der Waals surface area contributed by atoms with Crippen LogP contribution in [-0.2, 0) is 22.5 Å². The van der Waals surface area contributed by atoms with Crippen molar-refractivity contribution in [2.45, 2.75) is 57.0 Å². The molecule has 0 bridgehead atoms. The van der Waals surface area contributed by atoms with Crippen molar-refractivity contribution >= 4 is 29.4 Å². The van der Waals surface area contributed by atoms with Crippen LogP contribution in [0.2, 0.25) is 0 Å². The Balaban J connectivity index is 1.37. The molecule has 0 aromatic heterocycles. The van der Waals surface area contributed by atoms with Crippen LogP contribution in [0.1, 0.15) is 49.7 Å². The van der Waals surface area contributed by atoms with E-state index < -0.39 is 17.4 Å². The van der Waals surface area contributed by atoms with Crippen LogP contribution in [0.4, 0.5) is 25.4 Å². The molecule has 0 atom stereocenters. The Hall–Kier alpha value is -3.62.